The average molecular weight is 379 g/mol. The van der Waals surface area contributed by atoms with Gasteiger partial charge in [-0.1, -0.05) is 51.6 Å². The molecule has 0 radical (unpaired) electrons. The van der Waals surface area contributed by atoms with E-state index >= 15 is 0 Å². The highest BCUT2D eigenvalue weighted by molar-refractivity contribution is 5.75. The SMILES string of the molecule is C=CCC(=C)NC(=C)c1nc(Oc2cccc(F)c2)n2ccccc12.CCC. The molecule has 0 spiro atoms. The number of imidazole rings is 1. The van der Waals surface area contributed by atoms with Crippen LogP contribution in [0.5, 0.6) is 11.8 Å². The molecule has 2 aromatic heterocycles. The van der Waals surface area contributed by atoms with Gasteiger partial charge >= 0.3 is 6.01 Å². The lowest BCUT2D eigenvalue weighted by atomic mass is 10.2. The van der Waals surface area contributed by atoms with Crippen molar-refractivity contribution in [2.45, 2.75) is 26.7 Å². The van der Waals surface area contributed by atoms with Crippen LogP contribution >= 0.6 is 0 Å². The van der Waals surface area contributed by atoms with E-state index < -0.39 is 0 Å². The Labute approximate surface area is 165 Å². The Morgan fingerprint density at radius 1 is 1.21 bits per heavy atom. The molecule has 28 heavy (non-hydrogen) atoms. The molecule has 146 valence electrons. The molecular formula is C23H26FN3O. The van der Waals surface area contributed by atoms with Crippen molar-refractivity contribution in [3.05, 3.63) is 91.7 Å². The quantitative estimate of drug-likeness (QED) is 0.487. The lowest BCUT2D eigenvalue weighted by Gasteiger charge is -2.08. The van der Waals surface area contributed by atoms with Crippen molar-refractivity contribution < 1.29 is 9.13 Å². The van der Waals surface area contributed by atoms with Crippen molar-refractivity contribution in [2.75, 3.05) is 0 Å². The van der Waals surface area contributed by atoms with E-state index in [1.807, 2.05) is 24.4 Å². The van der Waals surface area contributed by atoms with Gasteiger partial charge in [0, 0.05) is 24.4 Å². The van der Waals surface area contributed by atoms with Crippen molar-refractivity contribution >= 4 is 11.2 Å². The number of halogens is 1. The fourth-order valence-electron chi connectivity index (χ4n) is 2.44. The number of rotatable bonds is 7. The van der Waals surface area contributed by atoms with Crippen LogP contribution in [0.2, 0.25) is 0 Å². The van der Waals surface area contributed by atoms with Crippen LogP contribution in [-0.2, 0) is 0 Å². The van der Waals surface area contributed by atoms with Gasteiger partial charge in [0.1, 0.15) is 17.3 Å². The van der Waals surface area contributed by atoms with Gasteiger partial charge in [-0.25, -0.2) is 4.39 Å². The number of hydrogen-bond donors (Lipinski definition) is 1. The molecule has 0 saturated heterocycles. The van der Waals surface area contributed by atoms with Gasteiger partial charge in [0.2, 0.25) is 0 Å². The average Bonchev–Trinajstić information content (AvgIpc) is 3.01. The Morgan fingerprint density at radius 2 is 1.96 bits per heavy atom. The van der Waals surface area contributed by atoms with Gasteiger partial charge in [0.15, 0.2) is 0 Å². The minimum atomic E-state index is -0.370. The Hall–Kier alpha value is -3.34. The second-order valence-corrected chi connectivity index (χ2v) is 6.17. The highest BCUT2D eigenvalue weighted by Gasteiger charge is 2.15. The standard InChI is InChI=1S/C20H18FN3O.C3H8/c1-4-8-14(2)22-15(3)19-18-11-5-6-12-24(18)20(23-19)25-17-10-7-9-16(21)13-17;1-3-2/h4-7,9-13,22H,1-3,8H2;3H2,1-2H3. The molecule has 0 aliphatic heterocycles. The van der Waals surface area contributed by atoms with Crippen molar-refractivity contribution in [3.63, 3.8) is 0 Å². The van der Waals surface area contributed by atoms with Crippen LogP contribution in [0.3, 0.4) is 0 Å². The smallest absolute Gasteiger partial charge is 0.307 e. The normalized spacial score (nSPS) is 9.96. The van der Waals surface area contributed by atoms with E-state index in [4.69, 9.17) is 4.74 Å². The Bertz CT molecular complexity index is 975. The molecular weight excluding hydrogens is 353 g/mol. The predicted octanol–water partition coefficient (Wildman–Crippen LogP) is 6.33. The van der Waals surface area contributed by atoms with E-state index in [2.05, 4.69) is 43.9 Å². The molecule has 3 rings (SSSR count). The number of allylic oxidation sites excluding steroid dienone is 1. The second kappa shape index (κ2) is 10.1. The summed E-state index contributed by atoms with van der Waals surface area (Å²) >= 11 is 0. The third-order valence-corrected chi connectivity index (χ3v) is 3.53. The number of hydrogen-bond acceptors (Lipinski definition) is 3. The van der Waals surface area contributed by atoms with Crippen LogP contribution in [0.15, 0.2) is 80.2 Å². The first-order valence-electron chi connectivity index (χ1n) is 9.15. The van der Waals surface area contributed by atoms with Gasteiger partial charge in [-0.05, 0) is 24.3 Å². The van der Waals surface area contributed by atoms with E-state index in [-0.39, 0.29) is 5.82 Å². The third kappa shape index (κ3) is 5.33. The second-order valence-electron chi connectivity index (χ2n) is 6.17. The van der Waals surface area contributed by atoms with Gasteiger partial charge < -0.3 is 10.1 Å². The first kappa shape index (κ1) is 21.0. The molecule has 0 aliphatic rings. The Kier molecular flexibility index (Phi) is 7.57. The molecule has 0 bridgehead atoms. The minimum Gasteiger partial charge on any atom is -0.425 e. The fourth-order valence-corrected chi connectivity index (χ4v) is 2.44. The summed E-state index contributed by atoms with van der Waals surface area (Å²) in [4.78, 5) is 4.52. The van der Waals surface area contributed by atoms with E-state index in [1.165, 1.54) is 18.6 Å². The van der Waals surface area contributed by atoms with Crippen LogP contribution < -0.4 is 10.1 Å². The van der Waals surface area contributed by atoms with Crippen LogP contribution in [0.1, 0.15) is 32.4 Å². The fraction of sp³-hybridized carbons (Fsp3) is 0.174. The molecule has 0 amide bonds. The molecule has 0 saturated carbocycles. The van der Waals surface area contributed by atoms with Gasteiger partial charge in [0.05, 0.1) is 11.2 Å². The lowest BCUT2D eigenvalue weighted by molar-refractivity contribution is 0.436. The number of nitrogens with zero attached hydrogens (tertiary/aromatic N) is 2. The molecule has 0 aliphatic carbocycles. The van der Waals surface area contributed by atoms with Gasteiger partial charge in [-0.2, -0.15) is 4.98 Å². The topological polar surface area (TPSA) is 38.6 Å². The molecule has 2 heterocycles. The van der Waals surface area contributed by atoms with E-state index in [0.29, 0.717) is 29.6 Å². The largest absolute Gasteiger partial charge is 0.425 e. The van der Waals surface area contributed by atoms with Gasteiger partial charge in [0.25, 0.3) is 0 Å². The molecule has 1 N–H and O–H groups in total. The van der Waals surface area contributed by atoms with Crippen LogP contribution in [-0.4, -0.2) is 9.38 Å². The number of pyridine rings is 1. The zero-order valence-corrected chi connectivity index (χ0v) is 16.4. The van der Waals surface area contributed by atoms with Crippen LogP contribution in [0.4, 0.5) is 4.39 Å². The first-order chi connectivity index (χ1) is 13.5. The molecule has 0 unspecified atom stereocenters. The summed E-state index contributed by atoms with van der Waals surface area (Å²) in [6, 6.07) is 11.9. The highest BCUT2D eigenvalue weighted by Crippen LogP contribution is 2.27. The van der Waals surface area contributed by atoms with Crippen molar-refractivity contribution in [1.29, 1.82) is 0 Å². The Morgan fingerprint density at radius 3 is 2.64 bits per heavy atom. The summed E-state index contributed by atoms with van der Waals surface area (Å²) in [5.41, 5.74) is 2.82. The number of benzene rings is 1. The maximum Gasteiger partial charge on any atom is 0.307 e. The monoisotopic (exact) mass is 379 g/mol. The molecule has 0 fully saturated rings. The highest BCUT2D eigenvalue weighted by atomic mass is 19.1. The summed E-state index contributed by atoms with van der Waals surface area (Å²) in [6.45, 7) is 15.9. The van der Waals surface area contributed by atoms with E-state index in [9.17, 15) is 4.39 Å². The minimum absolute atomic E-state index is 0.327. The lowest BCUT2D eigenvalue weighted by Crippen LogP contribution is -2.10. The number of ether oxygens (including phenoxy) is 1. The maximum atomic E-state index is 13.4. The molecule has 3 aromatic rings. The van der Waals surface area contributed by atoms with Crippen molar-refractivity contribution in [1.82, 2.24) is 14.7 Å². The summed E-state index contributed by atoms with van der Waals surface area (Å²) in [5, 5.41) is 3.12. The van der Waals surface area contributed by atoms with Crippen LogP contribution in [0.25, 0.3) is 11.2 Å². The predicted molar refractivity (Wildman–Crippen MR) is 114 cm³/mol. The molecule has 0 atom stereocenters. The Balaban J connectivity index is 0.000000878. The molecule has 1 aromatic carbocycles. The zero-order chi connectivity index (χ0) is 20.5. The summed E-state index contributed by atoms with van der Waals surface area (Å²) in [6.07, 6.45) is 5.45. The molecule has 4 nitrogen and oxygen atoms in total. The molecule has 5 heteroatoms. The van der Waals surface area contributed by atoms with Gasteiger partial charge in [-0.3, -0.25) is 4.40 Å². The zero-order valence-electron chi connectivity index (χ0n) is 16.4. The van der Waals surface area contributed by atoms with E-state index in [1.54, 1.807) is 22.6 Å². The maximum absolute atomic E-state index is 13.4. The van der Waals surface area contributed by atoms with Crippen molar-refractivity contribution in [3.8, 4) is 11.8 Å². The van der Waals surface area contributed by atoms with Gasteiger partial charge in [-0.15, -0.1) is 6.58 Å². The third-order valence-electron chi connectivity index (χ3n) is 3.53. The van der Waals surface area contributed by atoms with Crippen LogP contribution in [0, 0.1) is 5.82 Å². The summed E-state index contributed by atoms with van der Waals surface area (Å²) in [5.74, 6) is 0.00215. The number of aromatic nitrogens is 2. The first-order valence-corrected chi connectivity index (χ1v) is 9.15. The number of nitrogens with one attached hydrogen (secondary N) is 1. The summed E-state index contributed by atoms with van der Waals surface area (Å²) in [7, 11) is 0. The van der Waals surface area contributed by atoms with Crippen molar-refractivity contribution in [2.24, 2.45) is 0 Å². The van der Waals surface area contributed by atoms with E-state index in [0.717, 1.165) is 11.2 Å². The number of fused-ring (bicyclic) bond motifs is 1. The summed E-state index contributed by atoms with van der Waals surface area (Å²) < 4.78 is 20.9.